The third kappa shape index (κ3) is 3.68. The van der Waals surface area contributed by atoms with E-state index in [2.05, 4.69) is 5.32 Å². The zero-order valence-corrected chi connectivity index (χ0v) is 13.8. The highest BCUT2D eigenvalue weighted by Gasteiger charge is 2.35. The minimum absolute atomic E-state index is 0.114. The van der Waals surface area contributed by atoms with Crippen LogP contribution in [0, 0.1) is 5.92 Å². The molecule has 1 atom stereocenters. The van der Waals surface area contributed by atoms with Gasteiger partial charge in [-0.15, -0.1) is 0 Å². The number of rotatable bonds is 4. The van der Waals surface area contributed by atoms with Gasteiger partial charge >= 0.3 is 5.97 Å². The zero-order valence-electron chi connectivity index (χ0n) is 13.8. The Bertz CT molecular complexity index is 787. The summed E-state index contributed by atoms with van der Waals surface area (Å²) in [6, 6.07) is 15.9. The highest BCUT2D eigenvalue weighted by Crippen LogP contribution is 2.27. The van der Waals surface area contributed by atoms with Crippen LogP contribution in [0.4, 0.5) is 11.4 Å². The fourth-order valence-corrected chi connectivity index (χ4v) is 2.80. The first-order valence-corrected chi connectivity index (χ1v) is 7.93. The molecule has 6 heteroatoms. The Hall–Kier alpha value is -3.15. The summed E-state index contributed by atoms with van der Waals surface area (Å²) in [7, 11) is 1.32. The number of nitrogens with zero attached hydrogens (tertiary/aromatic N) is 1. The predicted molar refractivity (Wildman–Crippen MR) is 93.3 cm³/mol. The molecule has 25 heavy (non-hydrogen) atoms. The van der Waals surface area contributed by atoms with Crippen LogP contribution in [0.5, 0.6) is 0 Å². The van der Waals surface area contributed by atoms with Gasteiger partial charge in [0.25, 0.3) is 5.91 Å². The number of anilines is 2. The second kappa shape index (κ2) is 7.17. The lowest BCUT2D eigenvalue weighted by Gasteiger charge is -2.17. The first kappa shape index (κ1) is 16.7. The van der Waals surface area contributed by atoms with Crippen LogP contribution in [0.3, 0.4) is 0 Å². The molecule has 0 aliphatic carbocycles. The number of benzene rings is 2. The molecule has 128 valence electrons. The van der Waals surface area contributed by atoms with Crippen molar-refractivity contribution in [1.82, 2.24) is 0 Å². The average molecular weight is 338 g/mol. The molecule has 3 rings (SSSR count). The van der Waals surface area contributed by atoms with Crippen LogP contribution >= 0.6 is 0 Å². The average Bonchev–Trinajstić information content (AvgIpc) is 3.04. The molecule has 1 aliphatic heterocycles. The van der Waals surface area contributed by atoms with Crippen molar-refractivity contribution in [1.29, 1.82) is 0 Å². The van der Waals surface area contributed by atoms with E-state index in [1.54, 1.807) is 53.4 Å². The standard InChI is InChI=1S/C19H18N2O4/c1-25-19(24)14-11-17(22)21(12-14)16-9-7-15(8-10-16)20-18(23)13-5-3-2-4-6-13/h2-10,14H,11-12H2,1H3,(H,20,23). The van der Waals surface area contributed by atoms with E-state index >= 15 is 0 Å². The molecule has 1 aliphatic rings. The molecule has 1 N–H and O–H groups in total. The summed E-state index contributed by atoms with van der Waals surface area (Å²) in [5, 5.41) is 2.81. The molecule has 0 saturated carbocycles. The number of amides is 2. The highest BCUT2D eigenvalue weighted by molar-refractivity contribution is 6.04. The maximum absolute atomic E-state index is 12.1. The molecule has 1 saturated heterocycles. The van der Waals surface area contributed by atoms with Crippen LogP contribution in [0.25, 0.3) is 0 Å². The molecule has 2 aromatic carbocycles. The van der Waals surface area contributed by atoms with Gasteiger partial charge in [-0.05, 0) is 36.4 Å². The van der Waals surface area contributed by atoms with E-state index in [0.29, 0.717) is 23.5 Å². The normalized spacial score (nSPS) is 16.6. The quantitative estimate of drug-likeness (QED) is 0.869. The number of hydrogen-bond donors (Lipinski definition) is 1. The minimum Gasteiger partial charge on any atom is -0.469 e. The van der Waals surface area contributed by atoms with Crippen molar-refractivity contribution in [3.63, 3.8) is 0 Å². The van der Waals surface area contributed by atoms with Crippen molar-refractivity contribution in [3.8, 4) is 0 Å². The Kier molecular flexibility index (Phi) is 4.79. The zero-order chi connectivity index (χ0) is 17.8. The minimum atomic E-state index is -0.435. The fourth-order valence-electron chi connectivity index (χ4n) is 2.80. The van der Waals surface area contributed by atoms with Crippen molar-refractivity contribution in [2.75, 3.05) is 23.9 Å². The molecular formula is C19H18N2O4. The van der Waals surface area contributed by atoms with E-state index < -0.39 is 5.92 Å². The molecule has 0 spiro atoms. The summed E-state index contributed by atoms with van der Waals surface area (Å²) in [6.45, 7) is 0.307. The van der Waals surface area contributed by atoms with Crippen LogP contribution in [-0.2, 0) is 14.3 Å². The van der Waals surface area contributed by atoms with Gasteiger partial charge in [-0.25, -0.2) is 0 Å². The maximum Gasteiger partial charge on any atom is 0.311 e. The molecule has 0 bridgehead atoms. The summed E-state index contributed by atoms with van der Waals surface area (Å²) >= 11 is 0. The van der Waals surface area contributed by atoms with E-state index in [9.17, 15) is 14.4 Å². The molecule has 6 nitrogen and oxygen atoms in total. The smallest absolute Gasteiger partial charge is 0.311 e. The number of methoxy groups -OCH3 is 1. The molecular weight excluding hydrogens is 320 g/mol. The Morgan fingerprint density at radius 3 is 2.40 bits per heavy atom. The van der Waals surface area contributed by atoms with Crippen LogP contribution in [0.1, 0.15) is 16.8 Å². The Labute approximate surface area is 145 Å². The number of carbonyl (C=O) groups excluding carboxylic acids is 3. The van der Waals surface area contributed by atoms with Crippen molar-refractivity contribution in [3.05, 3.63) is 60.2 Å². The number of ether oxygens (including phenoxy) is 1. The lowest BCUT2D eigenvalue weighted by atomic mass is 10.1. The SMILES string of the molecule is COC(=O)C1CC(=O)N(c2ccc(NC(=O)c3ccccc3)cc2)C1. The highest BCUT2D eigenvalue weighted by atomic mass is 16.5. The Morgan fingerprint density at radius 1 is 1.08 bits per heavy atom. The molecule has 2 aromatic rings. The Balaban J connectivity index is 1.67. The fraction of sp³-hybridized carbons (Fsp3) is 0.211. The molecule has 0 aromatic heterocycles. The summed E-state index contributed by atoms with van der Waals surface area (Å²) in [4.78, 5) is 37.4. The molecule has 2 amide bonds. The van der Waals surface area contributed by atoms with Crippen LogP contribution < -0.4 is 10.2 Å². The van der Waals surface area contributed by atoms with Gasteiger partial charge in [0.05, 0.1) is 13.0 Å². The summed E-state index contributed by atoms with van der Waals surface area (Å²) < 4.78 is 4.71. The van der Waals surface area contributed by atoms with Gasteiger partial charge in [-0.3, -0.25) is 14.4 Å². The van der Waals surface area contributed by atoms with E-state index in [1.165, 1.54) is 7.11 Å². The van der Waals surface area contributed by atoms with E-state index in [-0.39, 0.29) is 24.2 Å². The first-order chi connectivity index (χ1) is 12.1. The topological polar surface area (TPSA) is 75.7 Å². The summed E-state index contributed by atoms with van der Waals surface area (Å²) in [5.41, 5.74) is 1.89. The lowest BCUT2D eigenvalue weighted by Crippen LogP contribution is -2.26. The Morgan fingerprint density at radius 2 is 1.76 bits per heavy atom. The molecule has 0 radical (unpaired) electrons. The maximum atomic E-state index is 12.1. The van der Waals surface area contributed by atoms with Gasteiger partial charge in [-0.2, -0.15) is 0 Å². The van der Waals surface area contributed by atoms with Crippen molar-refractivity contribution in [2.45, 2.75) is 6.42 Å². The van der Waals surface area contributed by atoms with Gasteiger partial charge in [0, 0.05) is 29.9 Å². The van der Waals surface area contributed by atoms with Crippen molar-refractivity contribution >= 4 is 29.2 Å². The van der Waals surface area contributed by atoms with E-state index in [0.717, 1.165) is 0 Å². The third-order valence-electron chi connectivity index (χ3n) is 4.13. The predicted octanol–water partition coefficient (Wildman–Crippen LogP) is 2.46. The first-order valence-electron chi connectivity index (χ1n) is 7.93. The van der Waals surface area contributed by atoms with Crippen molar-refractivity contribution in [2.24, 2.45) is 5.92 Å². The number of nitrogens with one attached hydrogen (secondary N) is 1. The van der Waals surface area contributed by atoms with Crippen molar-refractivity contribution < 1.29 is 19.1 Å². The number of carbonyl (C=O) groups is 3. The van der Waals surface area contributed by atoms with Gasteiger partial charge in [-0.1, -0.05) is 18.2 Å². The van der Waals surface area contributed by atoms with Gasteiger partial charge in [0.1, 0.15) is 0 Å². The largest absolute Gasteiger partial charge is 0.469 e. The molecule has 1 unspecified atom stereocenters. The second-order valence-corrected chi connectivity index (χ2v) is 5.80. The van der Waals surface area contributed by atoms with E-state index in [4.69, 9.17) is 4.74 Å². The van der Waals surface area contributed by atoms with Gasteiger partial charge < -0.3 is 15.0 Å². The molecule has 1 fully saturated rings. The lowest BCUT2D eigenvalue weighted by molar-refractivity contribution is -0.145. The third-order valence-corrected chi connectivity index (χ3v) is 4.13. The van der Waals surface area contributed by atoms with Crippen LogP contribution in [-0.4, -0.2) is 31.4 Å². The number of hydrogen-bond acceptors (Lipinski definition) is 4. The van der Waals surface area contributed by atoms with Crippen LogP contribution in [0.2, 0.25) is 0 Å². The van der Waals surface area contributed by atoms with Gasteiger partial charge in [0.2, 0.25) is 5.91 Å². The summed E-state index contributed by atoms with van der Waals surface area (Å²) in [6.07, 6.45) is 0.152. The molecule has 1 heterocycles. The van der Waals surface area contributed by atoms with E-state index in [1.807, 2.05) is 6.07 Å². The summed E-state index contributed by atoms with van der Waals surface area (Å²) in [5.74, 6) is -1.12. The van der Waals surface area contributed by atoms with Crippen LogP contribution in [0.15, 0.2) is 54.6 Å². The monoisotopic (exact) mass is 338 g/mol. The second-order valence-electron chi connectivity index (χ2n) is 5.80. The van der Waals surface area contributed by atoms with Gasteiger partial charge in [0.15, 0.2) is 0 Å². The number of esters is 1.